The maximum absolute atomic E-state index is 13.8. The number of ether oxygens (including phenoxy) is 2. The summed E-state index contributed by atoms with van der Waals surface area (Å²) < 4.78 is 52.9. The second-order valence-corrected chi connectivity index (χ2v) is 16.9. The Kier molecular flexibility index (Phi) is 8.21. The maximum Gasteiger partial charge on any atom is 0.435 e. The van der Waals surface area contributed by atoms with Gasteiger partial charge in [0.1, 0.15) is 18.1 Å². The fraction of sp³-hybridized carbons (Fsp3) is 0.300. The first-order valence-corrected chi connectivity index (χ1v) is 17.3. The molecule has 4 aromatic heterocycles. The number of halogens is 3. The van der Waals surface area contributed by atoms with Gasteiger partial charge < -0.3 is 19.0 Å². The topological polar surface area (TPSA) is 108 Å². The molecule has 0 saturated heterocycles. The Bertz CT molecular complexity index is 1780. The van der Waals surface area contributed by atoms with Crippen molar-refractivity contribution in [1.82, 2.24) is 29.5 Å². The molecule has 224 valence electrons. The highest BCUT2D eigenvalue weighted by molar-refractivity contribution is 6.76. The Balaban J connectivity index is 1.50. The number of pyridine rings is 1. The Morgan fingerprint density at radius 1 is 1.07 bits per heavy atom. The van der Waals surface area contributed by atoms with Crippen LogP contribution in [0.15, 0.2) is 55.0 Å². The minimum Gasteiger partial charge on any atom is -0.480 e. The van der Waals surface area contributed by atoms with E-state index in [0.717, 1.165) is 6.04 Å². The third-order valence-corrected chi connectivity index (χ3v) is 8.57. The summed E-state index contributed by atoms with van der Waals surface area (Å²) >= 11 is 0. The van der Waals surface area contributed by atoms with Crippen LogP contribution in [0.3, 0.4) is 0 Å². The van der Waals surface area contributed by atoms with Crippen molar-refractivity contribution < 1.29 is 27.4 Å². The zero-order valence-corrected chi connectivity index (χ0v) is 25.4. The van der Waals surface area contributed by atoms with E-state index in [-0.39, 0.29) is 24.0 Å². The van der Waals surface area contributed by atoms with Gasteiger partial charge in [-0.05, 0) is 25.1 Å². The van der Waals surface area contributed by atoms with Crippen molar-refractivity contribution in [3.8, 4) is 28.7 Å². The second kappa shape index (κ2) is 11.7. The van der Waals surface area contributed by atoms with Crippen LogP contribution in [0, 0.1) is 6.92 Å². The van der Waals surface area contributed by atoms with Crippen molar-refractivity contribution in [2.45, 2.75) is 45.5 Å². The number of aromatic amines is 1. The number of H-pyrrole nitrogens is 1. The van der Waals surface area contributed by atoms with Crippen LogP contribution < -0.4 is 4.74 Å². The molecule has 1 aromatic carbocycles. The number of hydrogen-bond donors (Lipinski definition) is 1. The molecule has 1 N–H and O–H groups in total. The lowest BCUT2D eigenvalue weighted by molar-refractivity contribution is -0.141. The lowest BCUT2D eigenvalue weighted by Gasteiger charge is -2.15. The first-order valence-electron chi connectivity index (χ1n) is 13.6. The molecule has 0 amide bonds. The zero-order chi connectivity index (χ0) is 30.9. The van der Waals surface area contributed by atoms with Crippen molar-refractivity contribution in [2.75, 3.05) is 13.7 Å². The zero-order valence-electron chi connectivity index (χ0n) is 24.4. The lowest BCUT2D eigenvalue weighted by Crippen LogP contribution is -2.22. The fourth-order valence-electron chi connectivity index (χ4n) is 4.55. The average molecular weight is 609 g/mol. The van der Waals surface area contributed by atoms with Crippen molar-refractivity contribution >= 4 is 24.9 Å². The summed E-state index contributed by atoms with van der Waals surface area (Å²) in [4.78, 5) is 33.7. The largest absolute Gasteiger partial charge is 0.480 e. The summed E-state index contributed by atoms with van der Waals surface area (Å²) in [5.41, 5.74) is 1.65. The SMILES string of the molecule is COc1ncccc1-c1ncc2c(n1)c(C(=O)c1ccc(-c3nc(C(F)(F)F)c(C)[nH]3)cc1)cn2COCC[Si](C)(C)C. The van der Waals surface area contributed by atoms with E-state index < -0.39 is 19.9 Å². The van der Waals surface area contributed by atoms with E-state index in [1.165, 1.54) is 14.0 Å². The molecule has 4 heterocycles. The summed E-state index contributed by atoms with van der Waals surface area (Å²) in [6.07, 6.45) is 0.368. The minimum atomic E-state index is -4.57. The van der Waals surface area contributed by atoms with Crippen LogP contribution in [-0.2, 0) is 17.6 Å². The smallest absolute Gasteiger partial charge is 0.435 e. The molecule has 0 aliphatic heterocycles. The summed E-state index contributed by atoms with van der Waals surface area (Å²) in [5.74, 6) is 0.444. The van der Waals surface area contributed by atoms with E-state index in [0.29, 0.717) is 51.6 Å². The first kappa shape index (κ1) is 30.1. The Labute approximate surface area is 247 Å². The Morgan fingerprint density at radius 2 is 1.81 bits per heavy atom. The molecule has 0 unspecified atom stereocenters. The van der Waals surface area contributed by atoms with Gasteiger partial charge in [-0.3, -0.25) is 4.79 Å². The minimum absolute atomic E-state index is 0.0682. The molecular weight excluding hydrogens is 577 g/mol. The van der Waals surface area contributed by atoms with Gasteiger partial charge in [0, 0.05) is 43.9 Å². The van der Waals surface area contributed by atoms with Crippen LogP contribution in [-0.4, -0.2) is 57.1 Å². The predicted octanol–water partition coefficient (Wildman–Crippen LogP) is 6.76. The van der Waals surface area contributed by atoms with Crippen molar-refractivity contribution in [3.63, 3.8) is 0 Å². The van der Waals surface area contributed by atoms with Crippen molar-refractivity contribution in [3.05, 3.63) is 77.5 Å². The quantitative estimate of drug-likeness (QED) is 0.106. The molecule has 43 heavy (non-hydrogen) atoms. The standard InChI is InChI=1S/C30H31F3N6O3Si/c1-18-26(30(31,32)33)38-27(36-18)20-10-8-19(9-11-20)25(40)22-16-39(17-42-13-14-43(3,4)5)23-15-35-28(37-24(22)23)21-7-6-12-34-29(21)41-2/h6-12,15-16H,13-14,17H2,1-5H3,(H,36,38). The highest BCUT2D eigenvalue weighted by Crippen LogP contribution is 2.33. The number of benzene rings is 1. The summed E-state index contributed by atoms with van der Waals surface area (Å²) in [7, 11) is 0.211. The van der Waals surface area contributed by atoms with E-state index in [9.17, 15) is 18.0 Å². The van der Waals surface area contributed by atoms with Gasteiger partial charge in [-0.1, -0.05) is 43.9 Å². The molecule has 9 nitrogen and oxygen atoms in total. The number of ketones is 1. The Morgan fingerprint density at radius 3 is 2.47 bits per heavy atom. The highest BCUT2D eigenvalue weighted by atomic mass is 28.3. The third kappa shape index (κ3) is 6.52. The summed E-state index contributed by atoms with van der Waals surface area (Å²) in [5, 5.41) is 0. The number of methoxy groups -OCH3 is 1. The monoisotopic (exact) mass is 608 g/mol. The number of aromatic nitrogens is 6. The molecule has 0 radical (unpaired) electrons. The van der Waals surface area contributed by atoms with Crippen LogP contribution in [0.25, 0.3) is 33.8 Å². The van der Waals surface area contributed by atoms with Gasteiger partial charge >= 0.3 is 6.18 Å². The van der Waals surface area contributed by atoms with Crippen molar-refractivity contribution in [1.29, 1.82) is 0 Å². The number of alkyl halides is 3. The number of nitrogens with one attached hydrogen (secondary N) is 1. The maximum atomic E-state index is 13.8. The predicted molar refractivity (Wildman–Crippen MR) is 159 cm³/mol. The molecule has 0 fully saturated rings. The van der Waals surface area contributed by atoms with Crippen molar-refractivity contribution in [2.24, 2.45) is 0 Å². The van der Waals surface area contributed by atoms with Gasteiger partial charge in [-0.25, -0.2) is 19.9 Å². The van der Waals surface area contributed by atoms with Gasteiger partial charge in [0.15, 0.2) is 17.3 Å². The van der Waals surface area contributed by atoms with Gasteiger partial charge in [0.2, 0.25) is 5.88 Å². The second-order valence-electron chi connectivity index (χ2n) is 11.3. The molecule has 0 aliphatic rings. The number of nitrogens with zero attached hydrogens (tertiary/aromatic N) is 5. The molecule has 5 rings (SSSR count). The van der Waals surface area contributed by atoms with Gasteiger partial charge in [-0.2, -0.15) is 13.2 Å². The van der Waals surface area contributed by atoms with Crippen LogP contribution in [0.4, 0.5) is 13.2 Å². The van der Waals surface area contributed by atoms with Gasteiger partial charge in [0.05, 0.1) is 30.0 Å². The molecule has 13 heteroatoms. The van der Waals surface area contributed by atoms with Crippen LogP contribution in [0.5, 0.6) is 5.88 Å². The summed E-state index contributed by atoms with van der Waals surface area (Å²) in [6.45, 7) is 8.94. The van der Waals surface area contributed by atoms with E-state index in [4.69, 9.17) is 14.5 Å². The molecule has 0 bridgehead atoms. The number of aryl methyl sites for hydroxylation is 1. The molecule has 0 saturated carbocycles. The number of imidazole rings is 1. The fourth-order valence-corrected chi connectivity index (χ4v) is 5.30. The van der Waals surface area contributed by atoms with Crippen LogP contribution >= 0.6 is 0 Å². The third-order valence-electron chi connectivity index (χ3n) is 6.87. The molecule has 5 aromatic rings. The molecule has 0 spiro atoms. The van der Waals surface area contributed by atoms with Gasteiger partial charge in [0.25, 0.3) is 0 Å². The Hall–Kier alpha value is -4.36. The molecule has 0 atom stereocenters. The average Bonchev–Trinajstić information content (AvgIpc) is 3.55. The normalized spacial score (nSPS) is 12.2. The highest BCUT2D eigenvalue weighted by Gasteiger charge is 2.36. The number of carbonyl (C=O) groups is 1. The van der Waals surface area contributed by atoms with Gasteiger partial charge in [-0.15, -0.1) is 0 Å². The van der Waals surface area contributed by atoms with Crippen LogP contribution in [0.1, 0.15) is 27.3 Å². The first-order chi connectivity index (χ1) is 20.4. The van der Waals surface area contributed by atoms with E-state index in [2.05, 4.69) is 39.6 Å². The lowest BCUT2D eigenvalue weighted by atomic mass is 10.0. The molecular formula is C30H31F3N6O3Si. The van der Waals surface area contributed by atoms with E-state index >= 15 is 0 Å². The number of fused-ring (bicyclic) bond motifs is 1. The number of rotatable bonds is 10. The van der Waals surface area contributed by atoms with E-state index in [1.54, 1.807) is 59.6 Å². The summed E-state index contributed by atoms with van der Waals surface area (Å²) in [6, 6.07) is 10.8. The number of carbonyl (C=O) groups excluding carboxylic acids is 1. The van der Waals surface area contributed by atoms with E-state index in [1.807, 2.05) is 0 Å². The number of hydrogen-bond acceptors (Lipinski definition) is 7. The van der Waals surface area contributed by atoms with Crippen LogP contribution in [0.2, 0.25) is 25.7 Å². The molecule has 0 aliphatic carbocycles.